The maximum atomic E-state index is 11.1. The number of rotatable bonds is 5. The molecule has 21 heavy (non-hydrogen) atoms. The minimum atomic E-state index is -1.33. The lowest BCUT2D eigenvalue weighted by atomic mass is 10.1. The fraction of sp³-hybridized carbons (Fsp3) is 0.143. The molecule has 6 nitrogen and oxygen atoms in total. The van der Waals surface area contributed by atoms with E-state index in [1.807, 2.05) is 24.3 Å². The minimum Gasteiger partial charge on any atom is -0.478 e. The van der Waals surface area contributed by atoms with Crippen molar-refractivity contribution in [3.8, 4) is 0 Å². The van der Waals surface area contributed by atoms with Crippen LogP contribution >= 0.6 is 15.9 Å². The molecule has 1 unspecified atom stereocenters. The van der Waals surface area contributed by atoms with Gasteiger partial charge < -0.3 is 20.5 Å². The Balaban J connectivity index is 2.32. The minimum absolute atomic E-state index is 0.172. The van der Waals surface area contributed by atoms with Gasteiger partial charge in [-0.05, 0) is 23.6 Å². The Morgan fingerprint density at radius 3 is 2.67 bits per heavy atom. The lowest BCUT2D eigenvalue weighted by Gasteiger charge is -2.14. The number of nitrogens with zero attached hydrogens (tertiary/aromatic N) is 1. The molecule has 0 aliphatic heterocycles. The summed E-state index contributed by atoms with van der Waals surface area (Å²) in [6.07, 6.45) is 2.42. The van der Waals surface area contributed by atoms with Crippen LogP contribution in [0.25, 0.3) is 10.9 Å². The summed E-state index contributed by atoms with van der Waals surface area (Å²) in [6.45, 7) is 0.172. The van der Waals surface area contributed by atoms with Crippen LogP contribution in [0.5, 0.6) is 0 Å². The molecule has 4 N–H and O–H groups in total. The zero-order chi connectivity index (χ0) is 15.6. The molecule has 0 radical (unpaired) electrons. The summed E-state index contributed by atoms with van der Waals surface area (Å²) in [7, 11) is 0. The van der Waals surface area contributed by atoms with Gasteiger partial charge in [0.25, 0.3) is 0 Å². The lowest BCUT2D eigenvalue weighted by Crippen LogP contribution is -2.32. The van der Waals surface area contributed by atoms with Crippen LogP contribution in [0.3, 0.4) is 0 Å². The van der Waals surface area contributed by atoms with Gasteiger partial charge in [-0.1, -0.05) is 22.0 Å². The number of hydrogen-bond acceptors (Lipinski definition) is 3. The average molecular weight is 353 g/mol. The van der Waals surface area contributed by atoms with Gasteiger partial charge in [0.15, 0.2) is 0 Å². The van der Waals surface area contributed by atoms with E-state index in [-0.39, 0.29) is 12.1 Å². The van der Waals surface area contributed by atoms with Crippen LogP contribution in [-0.2, 0) is 16.1 Å². The standard InChI is InChI=1S/C14H13BrN2O4/c15-9-2-1-8-3-4-17(12(8)5-9)7-11(16)10(14(20)21)6-13(18)19/h1-6,11H,7,16H2,(H,18,19)(H,20,21). The van der Waals surface area contributed by atoms with Crippen LogP contribution in [0.2, 0.25) is 0 Å². The smallest absolute Gasteiger partial charge is 0.333 e. The molecule has 0 saturated heterocycles. The Morgan fingerprint density at radius 2 is 2.05 bits per heavy atom. The van der Waals surface area contributed by atoms with Gasteiger partial charge in [0.1, 0.15) is 0 Å². The summed E-state index contributed by atoms with van der Waals surface area (Å²) in [5.74, 6) is -2.66. The summed E-state index contributed by atoms with van der Waals surface area (Å²) in [4.78, 5) is 21.8. The van der Waals surface area contributed by atoms with Crippen LogP contribution in [0.15, 0.2) is 46.6 Å². The summed E-state index contributed by atoms with van der Waals surface area (Å²) in [5, 5.41) is 18.7. The van der Waals surface area contributed by atoms with Crippen molar-refractivity contribution >= 4 is 38.8 Å². The van der Waals surface area contributed by atoms with Gasteiger partial charge in [0, 0.05) is 28.8 Å². The molecular formula is C14H13BrN2O4. The highest BCUT2D eigenvalue weighted by atomic mass is 79.9. The van der Waals surface area contributed by atoms with E-state index < -0.39 is 18.0 Å². The first-order valence-corrected chi connectivity index (χ1v) is 6.85. The van der Waals surface area contributed by atoms with E-state index in [0.717, 1.165) is 15.4 Å². The Morgan fingerprint density at radius 1 is 1.33 bits per heavy atom. The first-order valence-electron chi connectivity index (χ1n) is 6.06. The number of hydrogen-bond donors (Lipinski definition) is 3. The van der Waals surface area contributed by atoms with Crippen molar-refractivity contribution in [3.63, 3.8) is 0 Å². The summed E-state index contributed by atoms with van der Waals surface area (Å²) in [5.41, 5.74) is 6.40. The summed E-state index contributed by atoms with van der Waals surface area (Å²) < 4.78 is 2.69. The quantitative estimate of drug-likeness (QED) is 0.711. The second kappa shape index (κ2) is 6.11. The highest BCUT2D eigenvalue weighted by Gasteiger charge is 2.19. The fourth-order valence-electron chi connectivity index (χ4n) is 2.09. The second-order valence-electron chi connectivity index (χ2n) is 4.52. The Hall–Kier alpha value is -2.12. The van der Waals surface area contributed by atoms with Gasteiger partial charge in [-0.25, -0.2) is 9.59 Å². The number of benzene rings is 1. The molecule has 110 valence electrons. The van der Waals surface area contributed by atoms with Gasteiger partial charge in [0.05, 0.1) is 11.6 Å². The first kappa shape index (κ1) is 15.3. The van der Waals surface area contributed by atoms with Crippen LogP contribution in [0.1, 0.15) is 0 Å². The molecule has 2 aromatic rings. The Labute approximate surface area is 128 Å². The van der Waals surface area contributed by atoms with E-state index in [1.54, 1.807) is 10.8 Å². The third-order valence-corrected chi connectivity index (χ3v) is 3.55. The molecule has 0 aliphatic rings. The highest BCUT2D eigenvalue weighted by molar-refractivity contribution is 9.10. The van der Waals surface area contributed by atoms with Gasteiger partial charge in [0.2, 0.25) is 0 Å². The molecule has 1 aromatic carbocycles. The zero-order valence-electron chi connectivity index (χ0n) is 10.9. The van der Waals surface area contributed by atoms with Crippen molar-refractivity contribution in [2.24, 2.45) is 5.73 Å². The predicted octanol–water partition coefficient (Wildman–Crippen LogP) is 1.83. The summed E-state index contributed by atoms with van der Waals surface area (Å²) >= 11 is 3.37. The van der Waals surface area contributed by atoms with Crippen LogP contribution in [0.4, 0.5) is 0 Å². The Kier molecular flexibility index (Phi) is 4.44. The fourth-order valence-corrected chi connectivity index (χ4v) is 2.44. The number of halogens is 1. The topological polar surface area (TPSA) is 106 Å². The lowest BCUT2D eigenvalue weighted by molar-refractivity contribution is -0.135. The molecule has 0 spiro atoms. The van der Waals surface area contributed by atoms with E-state index in [9.17, 15) is 9.59 Å². The van der Waals surface area contributed by atoms with Crippen LogP contribution in [0, 0.1) is 0 Å². The Bertz CT molecular complexity index is 736. The molecular weight excluding hydrogens is 340 g/mol. The average Bonchev–Trinajstić information content (AvgIpc) is 2.78. The number of carbonyl (C=O) groups is 2. The van der Waals surface area contributed by atoms with Gasteiger partial charge in [-0.15, -0.1) is 0 Å². The van der Waals surface area contributed by atoms with Crippen molar-refractivity contribution in [3.05, 3.63) is 46.6 Å². The molecule has 1 atom stereocenters. The van der Waals surface area contributed by atoms with E-state index in [1.165, 1.54) is 0 Å². The number of carboxylic acids is 2. The van der Waals surface area contributed by atoms with Crippen molar-refractivity contribution < 1.29 is 19.8 Å². The SMILES string of the molecule is NC(Cn1ccc2ccc(Br)cc21)C(=CC(=O)O)C(=O)O. The number of carboxylic acid groups (broad SMARTS) is 2. The van der Waals surface area contributed by atoms with Gasteiger partial charge >= 0.3 is 11.9 Å². The molecule has 1 aromatic heterocycles. The third-order valence-electron chi connectivity index (χ3n) is 3.05. The van der Waals surface area contributed by atoms with Gasteiger partial charge in [-0.3, -0.25) is 0 Å². The number of aliphatic carboxylic acids is 2. The van der Waals surface area contributed by atoms with Crippen LogP contribution < -0.4 is 5.73 Å². The number of fused-ring (bicyclic) bond motifs is 1. The molecule has 0 aliphatic carbocycles. The number of aromatic nitrogens is 1. The van der Waals surface area contributed by atoms with Crippen LogP contribution in [-0.4, -0.2) is 32.8 Å². The summed E-state index contributed by atoms with van der Waals surface area (Å²) in [6, 6.07) is 6.68. The second-order valence-corrected chi connectivity index (χ2v) is 5.44. The van der Waals surface area contributed by atoms with Crippen molar-refractivity contribution in [2.75, 3.05) is 0 Å². The third kappa shape index (κ3) is 3.50. The molecule has 0 bridgehead atoms. The van der Waals surface area contributed by atoms with E-state index in [2.05, 4.69) is 15.9 Å². The first-order chi connectivity index (χ1) is 9.88. The molecule has 2 rings (SSSR count). The van der Waals surface area contributed by atoms with Gasteiger partial charge in [-0.2, -0.15) is 0 Å². The van der Waals surface area contributed by atoms with E-state index >= 15 is 0 Å². The molecule has 7 heteroatoms. The van der Waals surface area contributed by atoms with Crippen molar-refractivity contribution in [2.45, 2.75) is 12.6 Å². The molecule has 1 heterocycles. The normalized spacial score (nSPS) is 13.3. The van der Waals surface area contributed by atoms with Crippen molar-refractivity contribution in [1.82, 2.24) is 4.57 Å². The predicted molar refractivity (Wildman–Crippen MR) is 81.0 cm³/mol. The zero-order valence-corrected chi connectivity index (χ0v) is 12.4. The monoisotopic (exact) mass is 352 g/mol. The number of nitrogens with two attached hydrogens (primary N) is 1. The van der Waals surface area contributed by atoms with E-state index in [0.29, 0.717) is 6.08 Å². The molecule has 0 saturated carbocycles. The molecule has 0 fully saturated rings. The van der Waals surface area contributed by atoms with E-state index in [4.69, 9.17) is 15.9 Å². The maximum absolute atomic E-state index is 11.1. The highest BCUT2D eigenvalue weighted by Crippen LogP contribution is 2.21. The van der Waals surface area contributed by atoms with Crippen molar-refractivity contribution in [1.29, 1.82) is 0 Å². The largest absolute Gasteiger partial charge is 0.478 e. The maximum Gasteiger partial charge on any atom is 0.333 e. The molecule has 0 amide bonds.